The molecule has 0 bridgehead atoms. The van der Waals surface area contributed by atoms with Crippen molar-refractivity contribution in [1.82, 2.24) is 9.21 Å². The van der Waals surface area contributed by atoms with Crippen LogP contribution in [0, 0.1) is 6.92 Å². The standard InChI is InChI=1S/C12H21N3O2S2/c1-9-6-12(18-11(9)7-13)19(16,17)15-5-4-14(3)10(2)8-15/h6,10H,4-5,7-8,13H2,1-3H3. The number of sulfonamides is 1. The smallest absolute Gasteiger partial charge is 0.252 e. The van der Waals surface area contributed by atoms with Crippen molar-refractivity contribution in [2.75, 3.05) is 26.7 Å². The minimum absolute atomic E-state index is 0.249. The van der Waals surface area contributed by atoms with Crippen LogP contribution in [0.4, 0.5) is 0 Å². The predicted molar refractivity (Wildman–Crippen MR) is 77.8 cm³/mol. The molecule has 0 saturated carbocycles. The van der Waals surface area contributed by atoms with E-state index >= 15 is 0 Å². The molecule has 5 nitrogen and oxygen atoms in total. The Morgan fingerprint density at radius 2 is 2.16 bits per heavy atom. The quantitative estimate of drug-likeness (QED) is 0.898. The molecule has 19 heavy (non-hydrogen) atoms. The highest BCUT2D eigenvalue weighted by Crippen LogP contribution is 2.29. The zero-order chi connectivity index (χ0) is 14.2. The molecule has 0 aromatic carbocycles. The molecule has 0 spiro atoms. The van der Waals surface area contributed by atoms with Gasteiger partial charge in [-0.1, -0.05) is 0 Å². The maximum absolute atomic E-state index is 12.6. The molecular weight excluding hydrogens is 282 g/mol. The number of aryl methyl sites for hydroxylation is 1. The number of nitrogens with two attached hydrogens (primary N) is 1. The van der Waals surface area contributed by atoms with Gasteiger partial charge in [0.1, 0.15) is 4.21 Å². The summed E-state index contributed by atoms with van der Waals surface area (Å²) in [4.78, 5) is 3.12. The van der Waals surface area contributed by atoms with E-state index < -0.39 is 10.0 Å². The van der Waals surface area contributed by atoms with Crippen LogP contribution in [0.1, 0.15) is 17.4 Å². The predicted octanol–water partition coefficient (Wildman–Crippen LogP) is 0.840. The van der Waals surface area contributed by atoms with E-state index in [-0.39, 0.29) is 6.04 Å². The van der Waals surface area contributed by atoms with Crippen molar-refractivity contribution < 1.29 is 8.42 Å². The van der Waals surface area contributed by atoms with Crippen LogP contribution in [0.2, 0.25) is 0 Å². The summed E-state index contributed by atoms with van der Waals surface area (Å²) in [6.45, 7) is 6.22. The van der Waals surface area contributed by atoms with Gasteiger partial charge in [-0.3, -0.25) is 0 Å². The summed E-state index contributed by atoms with van der Waals surface area (Å²) < 4.78 is 27.2. The van der Waals surface area contributed by atoms with E-state index in [0.717, 1.165) is 17.0 Å². The van der Waals surface area contributed by atoms with E-state index in [1.807, 2.05) is 20.9 Å². The molecule has 7 heteroatoms. The van der Waals surface area contributed by atoms with Crippen LogP contribution < -0.4 is 5.73 Å². The number of rotatable bonds is 3. The number of piperazine rings is 1. The lowest BCUT2D eigenvalue weighted by Gasteiger charge is -2.36. The van der Waals surface area contributed by atoms with Gasteiger partial charge in [-0.15, -0.1) is 11.3 Å². The zero-order valence-corrected chi connectivity index (χ0v) is 13.2. The molecule has 1 atom stereocenters. The Bertz CT molecular complexity index is 553. The van der Waals surface area contributed by atoms with E-state index in [1.165, 1.54) is 11.3 Å². The number of likely N-dealkylation sites (N-methyl/N-ethyl adjacent to an activating group) is 1. The molecule has 1 fully saturated rings. The first kappa shape index (κ1) is 14.9. The van der Waals surface area contributed by atoms with Crippen molar-refractivity contribution in [2.45, 2.75) is 30.6 Å². The molecule has 0 radical (unpaired) electrons. The minimum atomic E-state index is -3.36. The topological polar surface area (TPSA) is 66.6 Å². The van der Waals surface area contributed by atoms with E-state index in [1.54, 1.807) is 10.4 Å². The van der Waals surface area contributed by atoms with Crippen LogP contribution in [0.3, 0.4) is 0 Å². The highest BCUT2D eigenvalue weighted by Gasteiger charge is 2.32. The average molecular weight is 303 g/mol. The van der Waals surface area contributed by atoms with Crippen LogP contribution in [0.5, 0.6) is 0 Å². The van der Waals surface area contributed by atoms with Crippen LogP contribution in [0.15, 0.2) is 10.3 Å². The van der Waals surface area contributed by atoms with E-state index in [4.69, 9.17) is 5.73 Å². The van der Waals surface area contributed by atoms with E-state index in [0.29, 0.717) is 23.8 Å². The Hall–Kier alpha value is -0.470. The molecule has 1 saturated heterocycles. The summed E-state index contributed by atoms with van der Waals surface area (Å²) in [7, 11) is -1.34. The van der Waals surface area contributed by atoms with Gasteiger partial charge in [0, 0.05) is 37.1 Å². The summed E-state index contributed by atoms with van der Waals surface area (Å²) in [6.07, 6.45) is 0. The zero-order valence-electron chi connectivity index (χ0n) is 11.6. The fourth-order valence-corrected chi connectivity index (χ4v) is 5.31. The second-order valence-corrected chi connectivity index (χ2v) is 8.37. The van der Waals surface area contributed by atoms with Crippen molar-refractivity contribution in [3.63, 3.8) is 0 Å². The molecule has 0 aliphatic carbocycles. The number of hydrogen-bond donors (Lipinski definition) is 1. The van der Waals surface area contributed by atoms with Gasteiger partial charge in [-0.05, 0) is 32.5 Å². The fourth-order valence-electron chi connectivity index (χ4n) is 2.18. The molecule has 1 unspecified atom stereocenters. The third kappa shape index (κ3) is 2.85. The molecule has 108 valence electrons. The highest BCUT2D eigenvalue weighted by atomic mass is 32.2. The monoisotopic (exact) mass is 303 g/mol. The normalized spacial score (nSPS) is 22.8. The SMILES string of the molecule is Cc1cc(S(=O)(=O)N2CCN(C)C(C)C2)sc1CN. The second kappa shape index (κ2) is 5.49. The Morgan fingerprint density at radius 1 is 1.47 bits per heavy atom. The van der Waals surface area contributed by atoms with Gasteiger partial charge in [0.2, 0.25) is 0 Å². The Labute approximate surface area is 119 Å². The first-order valence-corrected chi connectivity index (χ1v) is 8.61. The highest BCUT2D eigenvalue weighted by molar-refractivity contribution is 7.91. The van der Waals surface area contributed by atoms with E-state index in [9.17, 15) is 8.42 Å². The largest absolute Gasteiger partial charge is 0.326 e. The van der Waals surface area contributed by atoms with Gasteiger partial charge in [-0.25, -0.2) is 8.42 Å². The fraction of sp³-hybridized carbons (Fsp3) is 0.667. The molecular formula is C12H21N3O2S2. The summed E-state index contributed by atoms with van der Waals surface area (Å²) in [5.41, 5.74) is 6.59. The third-order valence-corrected chi connectivity index (χ3v) is 7.27. The molecule has 2 N–H and O–H groups in total. The van der Waals surface area contributed by atoms with Gasteiger partial charge in [0.05, 0.1) is 0 Å². The lowest BCUT2D eigenvalue weighted by molar-refractivity contribution is 0.160. The second-order valence-electron chi connectivity index (χ2n) is 5.07. The van der Waals surface area contributed by atoms with Crippen LogP contribution in [-0.2, 0) is 16.6 Å². The first-order chi connectivity index (χ1) is 8.86. The number of thiophene rings is 1. The van der Waals surface area contributed by atoms with Crippen LogP contribution in [-0.4, -0.2) is 50.3 Å². The van der Waals surface area contributed by atoms with E-state index in [2.05, 4.69) is 4.90 Å². The lowest BCUT2D eigenvalue weighted by Crippen LogP contribution is -2.51. The summed E-state index contributed by atoms with van der Waals surface area (Å²) >= 11 is 1.29. The first-order valence-electron chi connectivity index (χ1n) is 6.36. The third-order valence-electron chi connectivity index (χ3n) is 3.70. The molecule has 2 rings (SSSR count). The molecule has 2 heterocycles. The van der Waals surface area contributed by atoms with Crippen molar-refractivity contribution in [1.29, 1.82) is 0 Å². The van der Waals surface area contributed by atoms with Crippen molar-refractivity contribution >= 4 is 21.4 Å². The molecule has 1 aliphatic rings. The van der Waals surface area contributed by atoms with Gasteiger partial charge < -0.3 is 10.6 Å². The lowest BCUT2D eigenvalue weighted by atomic mass is 10.2. The van der Waals surface area contributed by atoms with Crippen molar-refractivity contribution in [2.24, 2.45) is 5.73 Å². The molecule has 0 amide bonds. The maximum Gasteiger partial charge on any atom is 0.252 e. The van der Waals surface area contributed by atoms with Gasteiger partial charge in [0.25, 0.3) is 10.0 Å². The average Bonchev–Trinajstić information content (AvgIpc) is 2.74. The van der Waals surface area contributed by atoms with Crippen molar-refractivity contribution in [3.8, 4) is 0 Å². The summed E-state index contributed by atoms with van der Waals surface area (Å²) in [5.74, 6) is 0. The molecule has 1 aromatic heterocycles. The Balaban J connectivity index is 2.27. The van der Waals surface area contributed by atoms with Gasteiger partial charge >= 0.3 is 0 Å². The van der Waals surface area contributed by atoms with Crippen molar-refractivity contribution in [3.05, 3.63) is 16.5 Å². The van der Waals surface area contributed by atoms with Crippen LogP contribution in [0.25, 0.3) is 0 Å². The minimum Gasteiger partial charge on any atom is -0.326 e. The van der Waals surface area contributed by atoms with Gasteiger partial charge in [-0.2, -0.15) is 4.31 Å². The number of nitrogens with zero attached hydrogens (tertiary/aromatic N) is 2. The Kier molecular flexibility index (Phi) is 4.32. The van der Waals surface area contributed by atoms with Gasteiger partial charge in [0.15, 0.2) is 0 Å². The maximum atomic E-state index is 12.6. The summed E-state index contributed by atoms with van der Waals surface area (Å²) in [6, 6.07) is 1.99. The molecule has 1 aromatic rings. The Morgan fingerprint density at radius 3 is 2.68 bits per heavy atom. The molecule has 1 aliphatic heterocycles. The summed E-state index contributed by atoms with van der Waals surface area (Å²) in [5, 5.41) is 0. The van der Waals surface area contributed by atoms with Crippen LogP contribution >= 0.6 is 11.3 Å². The number of hydrogen-bond acceptors (Lipinski definition) is 5.